The molecule has 1 aromatic heterocycles. The highest BCUT2D eigenvalue weighted by Gasteiger charge is 2.21. The van der Waals surface area contributed by atoms with E-state index in [9.17, 15) is 4.39 Å². The number of halogens is 1. The second-order valence-electron chi connectivity index (χ2n) is 7.31. The summed E-state index contributed by atoms with van der Waals surface area (Å²) in [6, 6.07) is 18.3. The molecular weight excluding hydrogens is 441 g/mol. The lowest BCUT2D eigenvalue weighted by molar-refractivity contribution is 0.324. The summed E-state index contributed by atoms with van der Waals surface area (Å²) in [5.41, 5.74) is 3.85. The number of rotatable bonds is 8. The zero-order valence-corrected chi connectivity index (χ0v) is 19.6. The normalized spacial score (nSPS) is 10.8. The first-order valence-corrected chi connectivity index (χ1v) is 11.2. The van der Waals surface area contributed by atoms with E-state index >= 15 is 0 Å². The van der Waals surface area contributed by atoms with Crippen LogP contribution in [-0.2, 0) is 5.75 Å². The van der Waals surface area contributed by atoms with Crippen LogP contribution in [0.3, 0.4) is 0 Å². The van der Waals surface area contributed by atoms with Crippen molar-refractivity contribution < 1.29 is 18.6 Å². The maximum absolute atomic E-state index is 13.3. The minimum atomic E-state index is -0.253. The number of methoxy groups -OCH3 is 3. The average molecular weight is 466 g/mol. The largest absolute Gasteiger partial charge is 0.493 e. The van der Waals surface area contributed by atoms with E-state index in [4.69, 9.17) is 14.2 Å². The van der Waals surface area contributed by atoms with Crippen LogP contribution in [0, 0.1) is 12.7 Å². The molecule has 33 heavy (non-hydrogen) atoms. The molecule has 0 bridgehead atoms. The Morgan fingerprint density at radius 2 is 1.48 bits per heavy atom. The van der Waals surface area contributed by atoms with Crippen molar-refractivity contribution in [3.05, 3.63) is 77.6 Å². The Morgan fingerprint density at radius 3 is 2.06 bits per heavy atom. The van der Waals surface area contributed by atoms with Gasteiger partial charge in [-0.25, -0.2) is 4.39 Å². The lowest BCUT2D eigenvalue weighted by Crippen LogP contribution is -2.01. The van der Waals surface area contributed by atoms with Gasteiger partial charge >= 0.3 is 0 Å². The molecule has 8 heteroatoms. The highest BCUT2D eigenvalue weighted by atomic mass is 32.2. The molecule has 0 aliphatic heterocycles. The van der Waals surface area contributed by atoms with Crippen LogP contribution in [0.2, 0.25) is 0 Å². The SMILES string of the molecule is COc1cc(-c2nnc(SCc3ccc(F)cc3)n2-c2ccc(C)cc2)cc(OC)c1OC. The molecule has 0 saturated heterocycles. The standard InChI is InChI=1S/C25H24FN3O3S/c1-16-5-11-20(12-6-16)29-24(18-13-21(30-2)23(32-4)22(14-18)31-3)27-28-25(29)33-15-17-7-9-19(26)10-8-17/h5-14H,15H2,1-4H3. The van der Waals surface area contributed by atoms with Crippen molar-refractivity contribution in [2.24, 2.45) is 0 Å². The minimum Gasteiger partial charge on any atom is -0.493 e. The van der Waals surface area contributed by atoms with Crippen LogP contribution in [0.5, 0.6) is 17.2 Å². The van der Waals surface area contributed by atoms with Crippen LogP contribution >= 0.6 is 11.8 Å². The summed E-state index contributed by atoms with van der Waals surface area (Å²) in [5, 5.41) is 9.68. The Kier molecular flexibility index (Phi) is 6.84. The van der Waals surface area contributed by atoms with Gasteiger partial charge in [-0.15, -0.1) is 10.2 Å². The molecule has 1 heterocycles. The van der Waals surface area contributed by atoms with Gasteiger partial charge in [0.1, 0.15) is 5.82 Å². The molecule has 6 nitrogen and oxygen atoms in total. The fraction of sp³-hybridized carbons (Fsp3) is 0.200. The molecule has 0 fully saturated rings. The van der Waals surface area contributed by atoms with Gasteiger partial charge < -0.3 is 14.2 Å². The van der Waals surface area contributed by atoms with Crippen molar-refractivity contribution in [3.8, 4) is 34.3 Å². The molecule has 0 aliphatic rings. The maximum Gasteiger partial charge on any atom is 0.203 e. The van der Waals surface area contributed by atoms with Gasteiger partial charge in [-0.3, -0.25) is 4.57 Å². The van der Waals surface area contributed by atoms with Gasteiger partial charge in [0.15, 0.2) is 22.5 Å². The van der Waals surface area contributed by atoms with Gasteiger partial charge in [-0.05, 0) is 48.9 Å². The fourth-order valence-electron chi connectivity index (χ4n) is 3.42. The van der Waals surface area contributed by atoms with Crippen molar-refractivity contribution in [1.29, 1.82) is 0 Å². The zero-order chi connectivity index (χ0) is 23.4. The first kappa shape index (κ1) is 22.7. The number of hydrogen-bond donors (Lipinski definition) is 0. The summed E-state index contributed by atoms with van der Waals surface area (Å²) in [6.07, 6.45) is 0. The van der Waals surface area contributed by atoms with Crippen LogP contribution in [-0.4, -0.2) is 36.1 Å². The van der Waals surface area contributed by atoms with Gasteiger partial charge in [0.05, 0.1) is 21.3 Å². The predicted molar refractivity (Wildman–Crippen MR) is 127 cm³/mol. The van der Waals surface area contributed by atoms with Gasteiger partial charge in [0.2, 0.25) is 5.75 Å². The Morgan fingerprint density at radius 1 is 0.848 bits per heavy atom. The maximum atomic E-state index is 13.3. The van der Waals surface area contributed by atoms with E-state index in [2.05, 4.69) is 10.2 Å². The average Bonchev–Trinajstić information content (AvgIpc) is 3.27. The van der Waals surface area contributed by atoms with E-state index in [0.29, 0.717) is 34.0 Å². The first-order valence-electron chi connectivity index (χ1n) is 10.2. The summed E-state index contributed by atoms with van der Waals surface area (Å²) in [4.78, 5) is 0. The molecule has 0 amide bonds. The molecule has 0 saturated carbocycles. The summed E-state index contributed by atoms with van der Waals surface area (Å²) in [6.45, 7) is 2.04. The smallest absolute Gasteiger partial charge is 0.203 e. The van der Waals surface area contributed by atoms with Crippen molar-refractivity contribution in [3.63, 3.8) is 0 Å². The van der Waals surface area contributed by atoms with Crippen LogP contribution in [0.25, 0.3) is 17.1 Å². The second kappa shape index (κ2) is 9.95. The lowest BCUT2D eigenvalue weighted by Gasteiger charge is -2.15. The van der Waals surface area contributed by atoms with Crippen LogP contribution < -0.4 is 14.2 Å². The molecule has 0 spiro atoms. The Hall–Kier alpha value is -3.52. The van der Waals surface area contributed by atoms with E-state index in [-0.39, 0.29) is 5.82 Å². The Balaban J connectivity index is 1.80. The topological polar surface area (TPSA) is 58.4 Å². The van der Waals surface area contributed by atoms with Crippen LogP contribution in [0.1, 0.15) is 11.1 Å². The van der Waals surface area contributed by atoms with E-state index in [1.807, 2.05) is 47.9 Å². The predicted octanol–water partition coefficient (Wildman–Crippen LogP) is 5.70. The van der Waals surface area contributed by atoms with Crippen molar-refractivity contribution in [1.82, 2.24) is 14.8 Å². The van der Waals surface area contributed by atoms with Crippen molar-refractivity contribution >= 4 is 11.8 Å². The number of aryl methyl sites for hydroxylation is 1. The number of benzene rings is 3. The highest BCUT2D eigenvalue weighted by Crippen LogP contribution is 2.41. The van der Waals surface area contributed by atoms with Crippen LogP contribution in [0.15, 0.2) is 65.8 Å². The third-order valence-electron chi connectivity index (χ3n) is 5.13. The van der Waals surface area contributed by atoms with E-state index < -0.39 is 0 Å². The van der Waals surface area contributed by atoms with Gasteiger partial charge in [0.25, 0.3) is 0 Å². The van der Waals surface area contributed by atoms with E-state index in [1.54, 1.807) is 33.5 Å². The third-order valence-corrected chi connectivity index (χ3v) is 6.13. The number of hydrogen-bond acceptors (Lipinski definition) is 6. The van der Waals surface area contributed by atoms with Gasteiger partial charge in [-0.1, -0.05) is 41.6 Å². The molecule has 0 unspecified atom stereocenters. The lowest BCUT2D eigenvalue weighted by atomic mass is 10.1. The molecule has 0 atom stereocenters. The second-order valence-corrected chi connectivity index (χ2v) is 8.25. The molecule has 3 aromatic carbocycles. The van der Waals surface area contributed by atoms with E-state index in [0.717, 1.165) is 22.4 Å². The Labute approximate surface area is 196 Å². The van der Waals surface area contributed by atoms with Crippen LogP contribution in [0.4, 0.5) is 4.39 Å². The van der Waals surface area contributed by atoms with Crippen molar-refractivity contribution in [2.45, 2.75) is 17.8 Å². The van der Waals surface area contributed by atoms with Crippen molar-refractivity contribution in [2.75, 3.05) is 21.3 Å². The number of nitrogens with zero attached hydrogens (tertiary/aromatic N) is 3. The molecule has 0 aliphatic carbocycles. The van der Waals surface area contributed by atoms with Gasteiger partial charge in [0, 0.05) is 17.0 Å². The highest BCUT2D eigenvalue weighted by molar-refractivity contribution is 7.98. The molecular formula is C25H24FN3O3S. The number of aromatic nitrogens is 3. The van der Waals surface area contributed by atoms with Gasteiger partial charge in [-0.2, -0.15) is 0 Å². The summed E-state index contributed by atoms with van der Waals surface area (Å²) in [7, 11) is 4.73. The van der Waals surface area contributed by atoms with E-state index in [1.165, 1.54) is 23.9 Å². The minimum absolute atomic E-state index is 0.253. The molecule has 0 radical (unpaired) electrons. The number of ether oxygens (including phenoxy) is 3. The summed E-state index contributed by atoms with van der Waals surface area (Å²) < 4.78 is 31.8. The molecule has 170 valence electrons. The quantitative estimate of drug-likeness (QED) is 0.311. The third kappa shape index (κ3) is 4.80. The zero-order valence-electron chi connectivity index (χ0n) is 18.8. The summed E-state index contributed by atoms with van der Waals surface area (Å²) >= 11 is 1.53. The number of thioether (sulfide) groups is 1. The molecule has 0 N–H and O–H groups in total. The first-order chi connectivity index (χ1) is 16.0. The molecule has 4 aromatic rings. The monoisotopic (exact) mass is 465 g/mol. The fourth-order valence-corrected chi connectivity index (χ4v) is 4.32. The molecule has 4 rings (SSSR count). The summed E-state index contributed by atoms with van der Waals surface area (Å²) in [5.74, 6) is 2.59. The Bertz CT molecular complexity index is 1220.